The third-order valence-corrected chi connectivity index (χ3v) is 12.8. The summed E-state index contributed by atoms with van der Waals surface area (Å²) in [7, 11) is 0. The number of fused-ring (bicyclic) bond motifs is 4. The zero-order valence-corrected chi connectivity index (χ0v) is 35.8. The third kappa shape index (κ3) is 9.69. The Morgan fingerprint density at radius 2 is 1.71 bits per heavy atom. The number of nitrogens with zero attached hydrogens (tertiary/aromatic N) is 8. The first-order chi connectivity index (χ1) is 29.7. The predicted molar refractivity (Wildman–Crippen MR) is 229 cm³/mol. The predicted octanol–water partition coefficient (Wildman–Crippen LogP) is 5.00. The molecule has 0 aliphatic carbocycles. The van der Waals surface area contributed by atoms with Crippen LogP contribution in [0, 0.1) is 11.7 Å². The Bertz CT molecular complexity index is 2110. The molecule has 8 rings (SSSR count). The van der Waals surface area contributed by atoms with Gasteiger partial charge in [-0.15, -0.1) is 10.2 Å². The number of imide groups is 1. The van der Waals surface area contributed by atoms with Gasteiger partial charge in [0, 0.05) is 107 Å². The second-order valence-electron chi connectivity index (χ2n) is 17.2. The molecule has 6 heterocycles. The number of anilines is 3. The van der Waals surface area contributed by atoms with E-state index in [0.717, 1.165) is 75.0 Å². The first-order valence-corrected chi connectivity index (χ1v) is 21.6. The summed E-state index contributed by atoms with van der Waals surface area (Å²) in [5.41, 5.74) is 4.28. The Balaban J connectivity index is 0.00000139. The van der Waals surface area contributed by atoms with Crippen LogP contribution in [-0.4, -0.2) is 149 Å². The van der Waals surface area contributed by atoms with E-state index in [1.165, 1.54) is 12.1 Å². The van der Waals surface area contributed by atoms with Gasteiger partial charge in [0.25, 0.3) is 5.91 Å². The van der Waals surface area contributed by atoms with Crippen molar-refractivity contribution in [2.24, 2.45) is 5.92 Å². The van der Waals surface area contributed by atoms with Crippen LogP contribution in [0.2, 0.25) is 0 Å². The van der Waals surface area contributed by atoms with Gasteiger partial charge in [-0.05, 0) is 88.8 Å². The number of phenolic OH excluding ortho intramolecular Hbond substituents is 1. The number of carbonyl (C=O) groups is 4. The number of piperidine rings is 1. The molecule has 0 radical (unpaired) electrons. The van der Waals surface area contributed by atoms with Crippen molar-refractivity contribution in [3.63, 3.8) is 0 Å². The van der Waals surface area contributed by atoms with Crippen LogP contribution in [0.15, 0.2) is 42.5 Å². The lowest BCUT2D eigenvalue weighted by atomic mass is 9.86. The summed E-state index contributed by atoms with van der Waals surface area (Å²) in [5, 5.41) is 24.4. The van der Waals surface area contributed by atoms with E-state index >= 15 is 0 Å². The van der Waals surface area contributed by atoms with E-state index in [1.54, 1.807) is 6.07 Å². The van der Waals surface area contributed by atoms with E-state index in [9.17, 15) is 37.5 Å². The van der Waals surface area contributed by atoms with Gasteiger partial charge in [0.15, 0.2) is 17.4 Å². The highest BCUT2D eigenvalue weighted by molar-refractivity contribution is 5.99. The van der Waals surface area contributed by atoms with Crippen molar-refractivity contribution in [1.82, 2.24) is 35.1 Å². The fraction of sp³-hybridized carbons (Fsp3) is 0.545. The van der Waals surface area contributed by atoms with Gasteiger partial charge in [0.1, 0.15) is 0 Å². The molecule has 3 aromatic rings. The van der Waals surface area contributed by atoms with Crippen LogP contribution in [0.5, 0.6) is 5.75 Å². The van der Waals surface area contributed by atoms with Gasteiger partial charge in [0.05, 0.1) is 17.4 Å². The second-order valence-corrected chi connectivity index (χ2v) is 17.2. The number of para-hydroxylation sites is 1. The molecule has 18 heteroatoms. The number of amides is 5. The smallest absolute Gasteiger partial charge is 0.320 e. The lowest BCUT2D eigenvalue weighted by Crippen LogP contribution is -2.63. The van der Waals surface area contributed by atoms with Gasteiger partial charge in [0.2, 0.25) is 18.7 Å². The fourth-order valence-electron chi connectivity index (χ4n) is 9.78. The summed E-state index contributed by atoms with van der Waals surface area (Å²) in [5.74, 6) is -0.391. The van der Waals surface area contributed by atoms with E-state index in [0.29, 0.717) is 63.0 Å². The number of hydrogen-bond donors (Lipinski definition) is 3. The number of likely N-dealkylation sites (tertiary alicyclic amines) is 1. The van der Waals surface area contributed by atoms with Crippen LogP contribution in [0.3, 0.4) is 0 Å². The number of alkyl halides is 2. The molecule has 0 spiro atoms. The number of benzene rings is 2. The maximum atomic E-state index is 14.2. The zero-order valence-electron chi connectivity index (χ0n) is 35.8. The highest BCUT2D eigenvalue weighted by atomic mass is 19.3. The van der Waals surface area contributed by atoms with E-state index < -0.39 is 18.0 Å². The minimum Gasteiger partial charge on any atom is -0.504 e. The number of piperazine rings is 2. The monoisotopic (exact) mass is 862 g/mol. The Morgan fingerprint density at radius 1 is 0.984 bits per heavy atom. The molecule has 2 aromatic carbocycles. The van der Waals surface area contributed by atoms with Gasteiger partial charge < -0.3 is 34.9 Å². The number of nitrogens with one attached hydrogen (secondary N) is 2. The van der Waals surface area contributed by atoms with Crippen molar-refractivity contribution < 1.29 is 37.5 Å². The van der Waals surface area contributed by atoms with E-state index in [-0.39, 0.29) is 54.0 Å². The number of rotatable bonds is 9. The van der Waals surface area contributed by atoms with Crippen molar-refractivity contribution in [2.75, 3.05) is 74.0 Å². The Morgan fingerprint density at radius 3 is 2.42 bits per heavy atom. The molecular formula is C44H57F3N10O5. The number of hydrogen-bond acceptors (Lipinski definition) is 11. The minimum atomic E-state index is -2.17. The Hall–Kier alpha value is -5.65. The van der Waals surface area contributed by atoms with E-state index in [4.69, 9.17) is 0 Å². The molecule has 4 unspecified atom stereocenters. The van der Waals surface area contributed by atoms with Crippen molar-refractivity contribution in [3.05, 3.63) is 59.4 Å². The Labute approximate surface area is 360 Å². The lowest BCUT2D eigenvalue weighted by molar-refractivity contribution is -0.125. The normalized spacial score (nSPS) is 22.8. The van der Waals surface area contributed by atoms with Crippen LogP contribution >= 0.6 is 0 Å². The molecule has 5 aliphatic heterocycles. The van der Waals surface area contributed by atoms with Crippen molar-refractivity contribution >= 4 is 41.4 Å². The quantitative estimate of drug-likeness (QED) is 0.249. The maximum absolute atomic E-state index is 14.2. The molecular weight excluding hydrogens is 806 g/mol. The van der Waals surface area contributed by atoms with Gasteiger partial charge in [-0.3, -0.25) is 24.6 Å². The molecule has 5 amide bonds. The summed E-state index contributed by atoms with van der Waals surface area (Å²) < 4.78 is 34.8. The summed E-state index contributed by atoms with van der Waals surface area (Å²) in [6.45, 7) is 14.6. The average molecular weight is 863 g/mol. The fourth-order valence-corrected chi connectivity index (χ4v) is 9.78. The molecule has 0 saturated carbocycles. The highest BCUT2D eigenvalue weighted by Crippen LogP contribution is 2.38. The topological polar surface area (TPSA) is 158 Å². The third-order valence-electron chi connectivity index (χ3n) is 12.8. The molecule has 3 fully saturated rings. The minimum absolute atomic E-state index is 0.0129. The second kappa shape index (κ2) is 19.2. The molecule has 15 nitrogen and oxygen atoms in total. The SMILES string of the molecule is CC(CCC(=O)NC=O)N1Cc2ccc(N3CCN(CC4CC(C)N(C(=O)N5CCN6c7cc(-c8cccc(F)c8O)nnc7NCC6C5)C(C)C4)CC3)cc2C1=O.CC(F)F. The molecule has 1 aromatic heterocycles. The first kappa shape index (κ1) is 44.4. The molecule has 0 bridgehead atoms. The number of aromatic hydroxyl groups is 1. The zero-order chi connectivity index (χ0) is 44.2. The highest BCUT2D eigenvalue weighted by Gasteiger charge is 2.41. The number of aromatic nitrogens is 2. The number of urea groups is 1. The number of halogens is 3. The van der Waals surface area contributed by atoms with Crippen molar-refractivity contribution in [1.29, 1.82) is 0 Å². The lowest BCUT2D eigenvalue weighted by Gasteiger charge is -2.50. The van der Waals surface area contributed by atoms with Crippen LogP contribution in [-0.2, 0) is 16.1 Å². The van der Waals surface area contributed by atoms with Crippen LogP contribution < -0.4 is 20.4 Å². The molecule has 4 atom stereocenters. The van der Waals surface area contributed by atoms with Gasteiger partial charge in [-0.25, -0.2) is 18.0 Å². The number of phenols is 1. The summed E-state index contributed by atoms with van der Waals surface area (Å²) in [4.78, 5) is 62.9. The van der Waals surface area contributed by atoms with Crippen molar-refractivity contribution in [2.45, 2.75) is 90.5 Å². The summed E-state index contributed by atoms with van der Waals surface area (Å²) >= 11 is 0. The van der Waals surface area contributed by atoms with Crippen LogP contribution in [0.25, 0.3) is 11.3 Å². The standard InChI is InChI=1S/C42H53FN10O5.C2H4F2/c1-26(7-10-38(55)45-25-54)52-23-30-8-9-31(19-34(30)41(52)57)49-13-11-48(12-14-49)22-29-17-27(2)53(28(3)18-29)42(58)50-15-16-51-32(24-50)21-44-40-37(51)20-36(46-47-40)33-5-4-6-35(43)39(33)56;1-2(3)4/h4-6,8-9,19-20,25-29,32,56H,7,10-18,21-24H2,1-3H3,(H,44,47)(H,45,54,55);2H,1H3. The average Bonchev–Trinajstić information content (AvgIpc) is 3.58. The van der Waals surface area contributed by atoms with Gasteiger partial charge in [-0.2, -0.15) is 0 Å². The molecule has 3 saturated heterocycles. The van der Waals surface area contributed by atoms with E-state index in [2.05, 4.69) is 66.4 Å². The van der Waals surface area contributed by atoms with Gasteiger partial charge in [-0.1, -0.05) is 12.1 Å². The summed E-state index contributed by atoms with van der Waals surface area (Å²) in [6, 6.07) is 12.6. The van der Waals surface area contributed by atoms with Gasteiger partial charge >= 0.3 is 6.03 Å². The van der Waals surface area contributed by atoms with Crippen LogP contribution in [0.4, 0.5) is 35.2 Å². The van der Waals surface area contributed by atoms with E-state index in [1.807, 2.05) is 28.9 Å². The first-order valence-electron chi connectivity index (χ1n) is 21.6. The molecule has 62 heavy (non-hydrogen) atoms. The largest absolute Gasteiger partial charge is 0.504 e. The van der Waals surface area contributed by atoms with Crippen molar-refractivity contribution in [3.8, 4) is 17.0 Å². The number of carbonyl (C=O) groups excluding carboxylic acids is 4. The maximum Gasteiger partial charge on any atom is 0.320 e. The molecule has 5 aliphatic rings. The molecule has 3 N–H and O–H groups in total. The Kier molecular flexibility index (Phi) is 13.7. The summed E-state index contributed by atoms with van der Waals surface area (Å²) in [6.07, 6.45) is 0.796. The van der Waals surface area contributed by atoms with Crippen LogP contribution in [0.1, 0.15) is 69.3 Å². The molecule has 334 valence electrons.